The number of aromatic nitrogens is 1. The topological polar surface area (TPSA) is 131 Å². The molecule has 8 heteroatoms. The zero-order chi connectivity index (χ0) is 23.5. The van der Waals surface area contributed by atoms with E-state index in [1.807, 2.05) is 19.9 Å². The number of hydrogen-bond acceptors (Lipinski definition) is 6. The van der Waals surface area contributed by atoms with Crippen LogP contribution in [-0.4, -0.2) is 29.5 Å². The van der Waals surface area contributed by atoms with Crippen molar-refractivity contribution in [2.75, 3.05) is 0 Å². The van der Waals surface area contributed by atoms with Crippen LogP contribution in [0.3, 0.4) is 0 Å². The van der Waals surface area contributed by atoms with Gasteiger partial charge in [0.1, 0.15) is 16.4 Å². The number of benzene rings is 1. The maximum Gasteiger partial charge on any atom is 0.251 e. The molecule has 32 heavy (non-hydrogen) atoms. The minimum Gasteiger partial charge on any atom is -0.507 e. The van der Waals surface area contributed by atoms with Crippen LogP contribution in [-0.2, 0) is 16.3 Å². The van der Waals surface area contributed by atoms with Crippen LogP contribution < -0.4 is 5.73 Å². The van der Waals surface area contributed by atoms with Crippen LogP contribution in [0.4, 0.5) is 0 Å². The Bertz CT molecular complexity index is 1160. The molecule has 1 amide bonds. The highest BCUT2D eigenvalue weighted by Crippen LogP contribution is 2.46. The molecule has 172 valence electrons. The van der Waals surface area contributed by atoms with Gasteiger partial charge in [0.15, 0.2) is 5.03 Å². The van der Waals surface area contributed by atoms with Gasteiger partial charge in [-0.3, -0.25) is 4.79 Å². The second kappa shape index (κ2) is 9.73. The number of carbonyl (C=O) groups is 1. The predicted molar refractivity (Wildman–Crippen MR) is 122 cm³/mol. The molecule has 1 unspecified atom stereocenters. The van der Waals surface area contributed by atoms with E-state index in [9.17, 15) is 23.4 Å². The number of primary amides is 1. The van der Waals surface area contributed by atoms with Crippen molar-refractivity contribution in [3.63, 3.8) is 0 Å². The van der Waals surface area contributed by atoms with Crippen LogP contribution >= 0.6 is 0 Å². The Morgan fingerprint density at radius 3 is 2.69 bits per heavy atom. The minimum atomic E-state index is -4.40. The molecule has 1 aliphatic carbocycles. The number of carbonyl (C=O) groups excluding carboxylic acids is 1. The molecule has 0 aliphatic heterocycles. The number of aromatic hydroxyl groups is 2. The van der Waals surface area contributed by atoms with Gasteiger partial charge in [-0.1, -0.05) is 31.4 Å². The summed E-state index contributed by atoms with van der Waals surface area (Å²) in [5.41, 5.74) is 6.77. The highest BCUT2D eigenvalue weighted by molar-refractivity contribution is 7.91. The standard InChI is InChI=1S/C24H30N2O5S/c1-3-4-5-9-17-14-19(27)20(16-10-6-8-15(2)13-16)21(28)22(17)32(30,31)24-18(23(25)29)11-7-12-26-24/h7,11-14,16,27-28H,3-6,8-10H2,1-2H3,(H2,25,29). The van der Waals surface area contributed by atoms with E-state index in [1.54, 1.807) is 0 Å². The monoisotopic (exact) mass is 458 g/mol. The summed E-state index contributed by atoms with van der Waals surface area (Å²) in [5.74, 6) is -1.83. The van der Waals surface area contributed by atoms with Crippen LogP contribution in [0, 0.1) is 0 Å². The van der Waals surface area contributed by atoms with Gasteiger partial charge in [0.2, 0.25) is 9.84 Å². The van der Waals surface area contributed by atoms with E-state index in [-0.39, 0.29) is 27.7 Å². The Hall–Kier alpha value is -2.87. The molecule has 0 saturated carbocycles. The molecule has 0 saturated heterocycles. The normalized spacial score (nSPS) is 16.6. The van der Waals surface area contributed by atoms with Crippen molar-refractivity contribution in [3.8, 4) is 11.5 Å². The van der Waals surface area contributed by atoms with Crippen molar-refractivity contribution in [2.24, 2.45) is 5.73 Å². The Morgan fingerprint density at radius 2 is 2.03 bits per heavy atom. The average molecular weight is 459 g/mol. The molecule has 4 N–H and O–H groups in total. The average Bonchev–Trinajstić information content (AvgIpc) is 2.73. The Morgan fingerprint density at radius 1 is 1.28 bits per heavy atom. The molecule has 0 spiro atoms. The number of unbranched alkanes of at least 4 members (excludes halogenated alkanes) is 2. The van der Waals surface area contributed by atoms with Gasteiger partial charge in [0.25, 0.3) is 5.91 Å². The van der Waals surface area contributed by atoms with Crippen molar-refractivity contribution in [1.82, 2.24) is 4.98 Å². The third-order valence-corrected chi connectivity index (χ3v) is 7.73. The summed E-state index contributed by atoms with van der Waals surface area (Å²) in [6.07, 6.45) is 8.53. The number of phenolic OH excluding ortho intramolecular Hbond substituents is 2. The summed E-state index contributed by atoms with van der Waals surface area (Å²) < 4.78 is 27.4. The number of allylic oxidation sites excluding steroid dienone is 2. The zero-order valence-corrected chi connectivity index (χ0v) is 19.3. The first-order valence-corrected chi connectivity index (χ1v) is 12.4. The maximum atomic E-state index is 13.7. The number of pyridine rings is 1. The van der Waals surface area contributed by atoms with Gasteiger partial charge in [0, 0.05) is 17.7 Å². The number of phenols is 2. The van der Waals surface area contributed by atoms with Crippen molar-refractivity contribution < 1.29 is 23.4 Å². The molecule has 2 aromatic rings. The van der Waals surface area contributed by atoms with Crippen LogP contribution in [0.2, 0.25) is 0 Å². The van der Waals surface area contributed by atoms with Gasteiger partial charge in [-0.2, -0.15) is 0 Å². The van der Waals surface area contributed by atoms with Gasteiger partial charge in [-0.05, 0) is 62.8 Å². The second-order valence-electron chi connectivity index (χ2n) is 8.34. The summed E-state index contributed by atoms with van der Waals surface area (Å²) >= 11 is 0. The van der Waals surface area contributed by atoms with Crippen LogP contribution in [0.25, 0.3) is 0 Å². The highest BCUT2D eigenvalue weighted by atomic mass is 32.2. The third kappa shape index (κ3) is 4.65. The van der Waals surface area contributed by atoms with E-state index < -0.39 is 26.5 Å². The first-order valence-electron chi connectivity index (χ1n) is 10.9. The molecule has 0 bridgehead atoms. The first kappa shape index (κ1) is 23.8. The molecule has 0 fully saturated rings. The zero-order valence-electron chi connectivity index (χ0n) is 18.5. The van der Waals surface area contributed by atoms with Gasteiger partial charge in [0.05, 0.1) is 5.56 Å². The smallest absolute Gasteiger partial charge is 0.251 e. The lowest BCUT2D eigenvalue weighted by Gasteiger charge is -2.24. The molecule has 1 aromatic carbocycles. The fraction of sp³-hybridized carbons (Fsp3) is 0.417. The van der Waals surface area contributed by atoms with Crippen LogP contribution in [0.5, 0.6) is 11.5 Å². The fourth-order valence-corrected chi connectivity index (χ4v) is 6.07. The van der Waals surface area contributed by atoms with E-state index in [0.29, 0.717) is 24.8 Å². The summed E-state index contributed by atoms with van der Waals surface area (Å²) in [4.78, 5) is 15.5. The first-order chi connectivity index (χ1) is 15.2. The molecule has 1 aliphatic rings. The van der Waals surface area contributed by atoms with Gasteiger partial charge >= 0.3 is 0 Å². The summed E-state index contributed by atoms with van der Waals surface area (Å²) in [6, 6.07) is 4.16. The lowest BCUT2D eigenvalue weighted by atomic mass is 9.84. The highest BCUT2D eigenvalue weighted by Gasteiger charge is 2.34. The van der Waals surface area contributed by atoms with Crippen molar-refractivity contribution in [2.45, 2.75) is 74.6 Å². The second-order valence-corrected chi connectivity index (χ2v) is 10.1. The summed E-state index contributed by atoms with van der Waals surface area (Å²) in [5, 5.41) is 21.6. The number of sulfone groups is 1. The summed E-state index contributed by atoms with van der Waals surface area (Å²) in [6.45, 7) is 4.00. The number of amides is 1. The van der Waals surface area contributed by atoms with E-state index in [1.165, 1.54) is 24.4 Å². The van der Waals surface area contributed by atoms with Crippen LogP contribution in [0.15, 0.2) is 46.0 Å². The number of nitrogens with zero attached hydrogens (tertiary/aromatic N) is 1. The lowest BCUT2D eigenvalue weighted by molar-refractivity contribution is 0.0996. The number of rotatable bonds is 8. The molecule has 1 heterocycles. The van der Waals surface area contributed by atoms with E-state index >= 15 is 0 Å². The molecular formula is C24H30N2O5S. The quantitative estimate of drug-likeness (QED) is 0.398. The lowest BCUT2D eigenvalue weighted by Crippen LogP contribution is -2.19. The van der Waals surface area contributed by atoms with Crippen molar-refractivity contribution >= 4 is 15.7 Å². The largest absolute Gasteiger partial charge is 0.507 e. The third-order valence-electron chi connectivity index (χ3n) is 5.90. The van der Waals surface area contributed by atoms with E-state index in [0.717, 1.165) is 31.3 Å². The van der Waals surface area contributed by atoms with E-state index in [4.69, 9.17) is 5.73 Å². The van der Waals surface area contributed by atoms with E-state index in [2.05, 4.69) is 4.98 Å². The Kier molecular flexibility index (Phi) is 7.23. The number of aryl methyl sites for hydroxylation is 1. The number of hydrogen-bond donors (Lipinski definition) is 3. The van der Waals surface area contributed by atoms with Gasteiger partial charge in [-0.25, -0.2) is 13.4 Å². The van der Waals surface area contributed by atoms with Crippen molar-refractivity contribution in [1.29, 1.82) is 0 Å². The predicted octanol–water partition coefficient (Wildman–Crippen LogP) is 4.37. The Balaban J connectivity index is 2.27. The molecule has 3 rings (SSSR count). The number of nitrogens with two attached hydrogens (primary N) is 1. The fourth-order valence-electron chi connectivity index (χ4n) is 4.35. The van der Waals surface area contributed by atoms with Gasteiger partial charge < -0.3 is 15.9 Å². The SMILES string of the molecule is CCCCCc1cc(O)c(C2C=C(C)CCC2)c(O)c1S(=O)(=O)c1ncccc1C(N)=O. The molecular weight excluding hydrogens is 428 g/mol. The Labute approximate surface area is 188 Å². The molecule has 7 nitrogen and oxygen atoms in total. The molecule has 1 atom stereocenters. The maximum absolute atomic E-state index is 13.7. The molecule has 0 radical (unpaired) electrons. The molecule has 1 aromatic heterocycles. The van der Waals surface area contributed by atoms with Crippen LogP contribution in [0.1, 0.15) is 79.8 Å². The van der Waals surface area contributed by atoms with Crippen molar-refractivity contribution in [3.05, 3.63) is 52.7 Å². The minimum absolute atomic E-state index is 0.125. The summed E-state index contributed by atoms with van der Waals surface area (Å²) in [7, 11) is -4.40. The van der Waals surface area contributed by atoms with Gasteiger partial charge in [-0.15, -0.1) is 0 Å².